The highest BCUT2D eigenvalue weighted by molar-refractivity contribution is 5.69. The minimum atomic E-state index is -0.727. The zero-order chi connectivity index (χ0) is 7.56. The molecule has 58 valence electrons. The first-order valence-corrected chi connectivity index (χ1v) is 3.62. The van der Waals surface area contributed by atoms with Gasteiger partial charge in [0.15, 0.2) is 0 Å². The van der Waals surface area contributed by atoms with Gasteiger partial charge in [-0.15, -0.1) is 0 Å². The van der Waals surface area contributed by atoms with Crippen molar-refractivity contribution in [2.45, 2.75) is 25.3 Å². The Hall–Kier alpha value is -0.570. The SMILES string of the molecule is CN(CC(=O)O)C1CCC1. The Morgan fingerprint density at radius 1 is 1.70 bits per heavy atom. The van der Waals surface area contributed by atoms with Crippen molar-refractivity contribution in [1.82, 2.24) is 4.90 Å². The van der Waals surface area contributed by atoms with Crippen LogP contribution in [0.3, 0.4) is 0 Å². The number of carbonyl (C=O) groups is 1. The van der Waals surface area contributed by atoms with E-state index in [1.54, 1.807) is 0 Å². The van der Waals surface area contributed by atoms with Crippen molar-refractivity contribution in [3.63, 3.8) is 0 Å². The van der Waals surface area contributed by atoms with Gasteiger partial charge in [-0.3, -0.25) is 9.69 Å². The van der Waals surface area contributed by atoms with Gasteiger partial charge < -0.3 is 5.11 Å². The normalized spacial score (nSPS) is 19.0. The Balaban J connectivity index is 2.19. The lowest BCUT2D eigenvalue weighted by atomic mass is 9.92. The number of nitrogens with zero attached hydrogens (tertiary/aromatic N) is 1. The zero-order valence-corrected chi connectivity index (χ0v) is 6.21. The molecule has 1 N–H and O–H groups in total. The lowest BCUT2D eigenvalue weighted by Crippen LogP contribution is -2.40. The summed E-state index contributed by atoms with van der Waals surface area (Å²) in [4.78, 5) is 12.1. The van der Waals surface area contributed by atoms with Gasteiger partial charge in [0.25, 0.3) is 0 Å². The number of rotatable bonds is 3. The van der Waals surface area contributed by atoms with Gasteiger partial charge in [-0.05, 0) is 19.9 Å². The molecular weight excluding hydrogens is 130 g/mol. The van der Waals surface area contributed by atoms with E-state index in [2.05, 4.69) is 0 Å². The van der Waals surface area contributed by atoms with Crippen molar-refractivity contribution in [2.75, 3.05) is 13.6 Å². The Labute approximate surface area is 60.6 Å². The molecule has 0 bridgehead atoms. The van der Waals surface area contributed by atoms with Crippen LogP contribution in [0.4, 0.5) is 0 Å². The summed E-state index contributed by atoms with van der Waals surface area (Å²) in [6, 6.07) is 0.538. The topological polar surface area (TPSA) is 40.5 Å². The van der Waals surface area contributed by atoms with Crippen LogP contribution in [0.15, 0.2) is 0 Å². The maximum absolute atomic E-state index is 10.2. The maximum Gasteiger partial charge on any atom is 0.317 e. The average molecular weight is 143 g/mol. The number of hydrogen-bond acceptors (Lipinski definition) is 2. The molecule has 0 saturated heterocycles. The standard InChI is InChI=1S/C7H13NO2/c1-8(5-7(9)10)6-3-2-4-6/h6H,2-5H2,1H3,(H,9,10). The number of carboxylic acid groups (broad SMARTS) is 1. The van der Waals surface area contributed by atoms with E-state index < -0.39 is 5.97 Å². The predicted octanol–water partition coefficient (Wildman–Crippen LogP) is 0.555. The molecular formula is C7H13NO2. The Bertz CT molecular complexity index is 132. The summed E-state index contributed by atoms with van der Waals surface area (Å²) in [5, 5.41) is 8.41. The summed E-state index contributed by atoms with van der Waals surface area (Å²) >= 11 is 0. The summed E-state index contributed by atoms with van der Waals surface area (Å²) in [5.41, 5.74) is 0. The van der Waals surface area contributed by atoms with Crippen LogP contribution in [0.1, 0.15) is 19.3 Å². The highest BCUT2D eigenvalue weighted by Gasteiger charge is 2.22. The van der Waals surface area contributed by atoms with Crippen LogP contribution in [0.5, 0.6) is 0 Å². The third kappa shape index (κ3) is 1.70. The first kappa shape index (κ1) is 7.54. The summed E-state index contributed by atoms with van der Waals surface area (Å²) in [6.45, 7) is 0.185. The molecule has 10 heavy (non-hydrogen) atoms. The van der Waals surface area contributed by atoms with Crippen LogP contribution in [0.2, 0.25) is 0 Å². The fourth-order valence-electron chi connectivity index (χ4n) is 1.17. The molecule has 3 heteroatoms. The summed E-state index contributed by atoms with van der Waals surface area (Å²) in [6.07, 6.45) is 3.60. The van der Waals surface area contributed by atoms with E-state index in [4.69, 9.17) is 5.11 Å². The summed E-state index contributed by atoms with van der Waals surface area (Å²) in [5.74, 6) is -0.727. The van der Waals surface area contributed by atoms with Crippen LogP contribution < -0.4 is 0 Å². The fourth-order valence-corrected chi connectivity index (χ4v) is 1.17. The maximum atomic E-state index is 10.2. The van der Waals surface area contributed by atoms with Crippen LogP contribution in [0, 0.1) is 0 Å². The minimum absolute atomic E-state index is 0.185. The third-order valence-corrected chi connectivity index (χ3v) is 2.08. The molecule has 0 aromatic heterocycles. The smallest absolute Gasteiger partial charge is 0.317 e. The van der Waals surface area contributed by atoms with Crippen molar-refractivity contribution in [1.29, 1.82) is 0 Å². The van der Waals surface area contributed by atoms with Crippen molar-refractivity contribution in [2.24, 2.45) is 0 Å². The van der Waals surface area contributed by atoms with E-state index in [1.165, 1.54) is 19.3 Å². The molecule has 0 atom stereocenters. The van der Waals surface area contributed by atoms with Gasteiger partial charge in [-0.1, -0.05) is 6.42 Å². The Kier molecular flexibility index (Phi) is 2.27. The molecule has 0 unspecified atom stereocenters. The molecule has 0 amide bonds. The van der Waals surface area contributed by atoms with Crippen LogP contribution in [0.25, 0.3) is 0 Å². The Morgan fingerprint density at radius 2 is 2.30 bits per heavy atom. The van der Waals surface area contributed by atoms with E-state index in [0.29, 0.717) is 6.04 Å². The molecule has 1 rings (SSSR count). The van der Waals surface area contributed by atoms with Gasteiger partial charge in [0.2, 0.25) is 0 Å². The van der Waals surface area contributed by atoms with Crippen molar-refractivity contribution >= 4 is 5.97 Å². The van der Waals surface area contributed by atoms with E-state index in [9.17, 15) is 4.79 Å². The van der Waals surface area contributed by atoms with Gasteiger partial charge in [-0.25, -0.2) is 0 Å². The molecule has 1 aliphatic rings. The molecule has 0 aliphatic heterocycles. The number of carboxylic acids is 1. The second kappa shape index (κ2) is 3.01. The predicted molar refractivity (Wildman–Crippen MR) is 37.9 cm³/mol. The summed E-state index contributed by atoms with van der Waals surface area (Å²) < 4.78 is 0. The quantitative estimate of drug-likeness (QED) is 0.627. The van der Waals surface area contributed by atoms with Gasteiger partial charge in [0.1, 0.15) is 0 Å². The van der Waals surface area contributed by atoms with Crippen LogP contribution in [-0.4, -0.2) is 35.6 Å². The van der Waals surface area contributed by atoms with E-state index >= 15 is 0 Å². The molecule has 0 aromatic rings. The van der Waals surface area contributed by atoms with E-state index in [1.807, 2.05) is 11.9 Å². The fraction of sp³-hybridized carbons (Fsp3) is 0.857. The molecule has 1 aliphatic carbocycles. The zero-order valence-electron chi connectivity index (χ0n) is 6.21. The monoisotopic (exact) mass is 143 g/mol. The lowest BCUT2D eigenvalue weighted by molar-refractivity contribution is -0.138. The first-order valence-electron chi connectivity index (χ1n) is 3.62. The van der Waals surface area contributed by atoms with Crippen molar-refractivity contribution in [3.8, 4) is 0 Å². The lowest BCUT2D eigenvalue weighted by Gasteiger charge is -2.33. The highest BCUT2D eigenvalue weighted by atomic mass is 16.4. The number of hydrogen-bond donors (Lipinski definition) is 1. The van der Waals surface area contributed by atoms with Crippen LogP contribution >= 0.6 is 0 Å². The molecule has 3 nitrogen and oxygen atoms in total. The minimum Gasteiger partial charge on any atom is -0.480 e. The number of likely N-dealkylation sites (N-methyl/N-ethyl adjacent to an activating group) is 1. The Morgan fingerprint density at radius 3 is 2.60 bits per heavy atom. The molecule has 0 aromatic carbocycles. The number of aliphatic carboxylic acids is 1. The van der Waals surface area contributed by atoms with Crippen molar-refractivity contribution < 1.29 is 9.90 Å². The molecule has 0 heterocycles. The second-order valence-corrected chi connectivity index (χ2v) is 2.89. The third-order valence-electron chi connectivity index (χ3n) is 2.08. The average Bonchev–Trinajstić information content (AvgIpc) is 1.55. The summed E-state index contributed by atoms with van der Waals surface area (Å²) in [7, 11) is 1.87. The largest absolute Gasteiger partial charge is 0.480 e. The second-order valence-electron chi connectivity index (χ2n) is 2.89. The van der Waals surface area contributed by atoms with Gasteiger partial charge >= 0.3 is 5.97 Å². The van der Waals surface area contributed by atoms with E-state index in [-0.39, 0.29) is 6.54 Å². The van der Waals surface area contributed by atoms with Crippen LogP contribution in [-0.2, 0) is 4.79 Å². The first-order chi connectivity index (χ1) is 4.70. The van der Waals surface area contributed by atoms with E-state index in [0.717, 1.165) is 0 Å². The van der Waals surface area contributed by atoms with Crippen molar-refractivity contribution in [3.05, 3.63) is 0 Å². The molecule has 0 radical (unpaired) electrons. The van der Waals surface area contributed by atoms with Gasteiger partial charge in [0.05, 0.1) is 6.54 Å². The molecule has 0 spiro atoms. The molecule has 1 saturated carbocycles. The van der Waals surface area contributed by atoms with Gasteiger partial charge in [0, 0.05) is 6.04 Å². The van der Waals surface area contributed by atoms with Gasteiger partial charge in [-0.2, -0.15) is 0 Å². The molecule has 1 fully saturated rings. The highest BCUT2D eigenvalue weighted by Crippen LogP contribution is 2.22.